The van der Waals surface area contributed by atoms with Crippen molar-refractivity contribution in [2.24, 2.45) is 5.92 Å². The number of amides is 1. The second-order valence-electron chi connectivity index (χ2n) is 7.32. The minimum atomic E-state index is -1.06. The Morgan fingerprint density at radius 2 is 2.00 bits per heavy atom. The molecule has 0 bridgehead atoms. The van der Waals surface area contributed by atoms with Crippen molar-refractivity contribution in [1.29, 1.82) is 0 Å². The van der Waals surface area contributed by atoms with Crippen LogP contribution >= 0.6 is 0 Å². The molecule has 1 aromatic carbocycles. The average molecular weight is 409 g/mol. The third-order valence-electron chi connectivity index (χ3n) is 5.18. The Kier molecular flexibility index (Phi) is 6.01. The van der Waals surface area contributed by atoms with Crippen LogP contribution in [0.1, 0.15) is 6.42 Å². The van der Waals surface area contributed by atoms with Gasteiger partial charge in [-0.25, -0.2) is 0 Å². The summed E-state index contributed by atoms with van der Waals surface area (Å²) in [5.74, 6) is -0.0349. The molecule has 1 aliphatic rings. The molecule has 0 radical (unpaired) electrons. The molecular formula is C21H23N5O4. The lowest BCUT2D eigenvalue weighted by Gasteiger charge is -2.18. The minimum absolute atomic E-state index is 0.161. The van der Waals surface area contributed by atoms with Gasteiger partial charge in [-0.15, -0.1) is 5.10 Å². The monoisotopic (exact) mass is 409 g/mol. The molecule has 4 atom stereocenters. The summed E-state index contributed by atoms with van der Waals surface area (Å²) in [5, 5.41) is 31.8. The number of hydrogen-bond acceptors (Lipinski definition) is 7. The van der Waals surface area contributed by atoms with E-state index in [0.717, 1.165) is 5.56 Å². The van der Waals surface area contributed by atoms with Crippen molar-refractivity contribution in [1.82, 2.24) is 25.3 Å². The van der Waals surface area contributed by atoms with Crippen LogP contribution in [0.5, 0.6) is 5.75 Å². The summed E-state index contributed by atoms with van der Waals surface area (Å²) in [6, 6.07) is 12.2. The van der Waals surface area contributed by atoms with Crippen molar-refractivity contribution in [3.05, 3.63) is 61.1 Å². The molecule has 1 fully saturated rings. The van der Waals surface area contributed by atoms with Crippen LogP contribution < -0.4 is 10.1 Å². The molecule has 2 heterocycles. The highest BCUT2D eigenvalue weighted by Crippen LogP contribution is 2.28. The summed E-state index contributed by atoms with van der Waals surface area (Å²) < 4.78 is 7.05. The second-order valence-corrected chi connectivity index (χ2v) is 7.32. The van der Waals surface area contributed by atoms with Crippen molar-refractivity contribution in [3.8, 4) is 17.0 Å². The highest BCUT2D eigenvalue weighted by Gasteiger charge is 2.42. The molecule has 0 spiro atoms. The number of benzene rings is 1. The van der Waals surface area contributed by atoms with Crippen molar-refractivity contribution < 1.29 is 19.7 Å². The SMILES string of the molecule is O=C(COc1ccccc1)N[C@@H]1C[C@H](Cn2cc(-c3cccnc3)nn2)[C@@H](O)[C@H]1O. The number of aliphatic hydroxyl groups excluding tert-OH is 2. The Morgan fingerprint density at radius 1 is 1.17 bits per heavy atom. The van der Waals surface area contributed by atoms with Gasteiger partial charge >= 0.3 is 0 Å². The first-order valence-corrected chi connectivity index (χ1v) is 9.74. The summed E-state index contributed by atoms with van der Waals surface area (Å²) >= 11 is 0. The molecule has 9 nitrogen and oxygen atoms in total. The average Bonchev–Trinajstić information content (AvgIpc) is 3.35. The molecule has 1 aliphatic carbocycles. The Bertz CT molecular complexity index is 966. The summed E-state index contributed by atoms with van der Waals surface area (Å²) in [6.45, 7) is 0.212. The number of rotatable bonds is 7. The van der Waals surface area contributed by atoms with Crippen LogP contribution in [0.4, 0.5) is 0 Å². The van der Waals surface area contributed by atoms with Crippen LogP contribution in [0.3, 0.4) is 0 Å². The van der Waals surface area contributed by atoms with Crippen molar-refractivity contribution >= 4 is 5.91 Å². The van der Waals surface area contributed by atoms with Crippen LogP contribution in [-0.2, 0) is 11.3 Å². The van der Waals surface area contributed by atoms with Crippen LogP contribution in [-0.4, -0.2) is 61.0 Å². The van der Waals surface area contributed by atoms with Gasteiger partial charge < -0.3 is 20.3 Å². The van der Waals surface area contributed by atoms with Gasteiger partial charge in [0, 0.05) is 30.4 Å². The van der Waals surface area contributed by atoms with E-state index in [1.807, 2.05) is 30.3 Å². The topological polar surface area (TPSA) is 122 Å². The molecule has 0 unspecified atom stereocenters. The lowest BCUT2D eigenvalue weighted by Crippen LogP contribution is -2.44. The van der Waals surface area contributed by atoms with Crippen LogP contribution in [0.15, 0.2) is 61.1 Å². The predicted molar refractivity (Wildman–Crippen MR) is 107 cm³/mol. The number of pyridine rings is 1. The smallest absolute Gasteiger partial charge is 0.258 e. The van der Waals surface area contributed by atoms with Crippen molar-refractivity contribution in [2.45, 2.75) is 31.2 Å². The maximum Gasteiger partial charge on any atom is 0.258 e. The van der Waals surface area contributed by atoms with Gasteiger partial charge in [0.25, 0.3) is 5.91 Å². The summed E-state index contributed by atoms with van der Waals surface area (Å²) in [5.41, 5.74) is 1.53. The molecule has 30 heavy (non-hydrogen) atoms. The number of aliphatic hydroxyl groups is 2. The number of aromatic nitrogens is 4. The third kappa shape index (κ3) is 4.64. The van der Waals surface area contributed by atoms with Crippen molar-refractivity contribution in [3.63, 3.8) is 0 Å². The maximum atomic E-state index is 12.2. The van der Waals surface area contributed by atoms with Gasteiger partial charge in [-0.2, -0.15) is 0 Å². The molecule has 1 saturated carbocycles. The molecule has 156 valence electrons. The predicted octanol–water partition coefficient (Wildman–Crippen LogP) is 0.646. The van der Waals surface area contributed by atoms with Crippen LogP contribution in [0.2, 0.25) is 0 Å². The third-order valence-corrected chi connectivity index (χ3v) is 5.18. The van der Waals surface area contributed by atoms with E-state index in [4.69, 9.17) is 4.74 Å². The lowest BCUT2D eigenvalue weighted by molar-refractivity contribution is -0.124. The van der Waals surface area contributed by atoms with Crippen LogP contribution in [0.25, 0.3) is 11.3 Å². The van der Waals surface area contributed by atoms with E-state index in [0.29, 0.717) is 24.4 Å². The molecule has 3 N–H and O–H groups in total. The zero-order valence-electron chi connectivity index (χ0n) is 16.2. The largest absolute Gasteiger partial charge is 0.484 e. The lowest BCUT2D eigenvalue weighted by atomic mass is 10.1. The molecular weight excluding hydrogens is 386 g/mol. The first-order valence-electron chi connectivity index (χ1n) is 9.74. The maximum absolute atomic E-state index is 12.2. The van der Waals surface area contributed by atoms with E-state index < -0.39 is 18.2 Å². The van der Waals surface area contributed by atoms with E-state index in [1.165, 1.54) is 0 Å². The van der Waals surface area contributed by atoms with Gasteiger partial charge in [0.15, 0.2) is 6.61 Å². The fraction of sp³-hybridized carbons (Fsp3) is 0.333. The number of para-hydroxylation sites is 1. The quantitative estimate of drug-likeness (QED) is 0.523. The van der Waals surface area contributed by atoms with E-state index in [9.17, 15) is 15.0 Å². The van der Waals surface area contributed by atoms with Gasteiger partial charge in [0.05, 0.1) is 18.3 Å². The highest BCUT2D eigenvalue weighted by atomic mass is 16.5. The van der Waals surface area contributed by atoms with Gasteiger partial charge in [0.1, 0.15) is 17.5 Å². The van der Waals surface area contributed by atoms with Gasteiger partial charge in [-0.1, -0.05) is 23.4 Å². The van der Waals surface area contributed by atoms with Gasteiger partial charge in [-0.3, -0.25) is 14.5 Å². The highest BCUT2D eigenvalue weighted by molar-refractivity contribution is 5.78. The normalized spacial score (nSPS) is 23.3. The number of nitrogens with one attached hydrogen (secondary N) is 1. The Balaban J connectivity index is 1.32. The van der Waals surface area contributed by atoms with Crippen LogP contribution in [0, 0.1) is 5.92 Å². The molecule has 4 rings (SSSR count). The second kappa shape index (κ2) is 9.02. The number of nitrogens with zero attached hydrogens (tertiary/aromatic N) is 4. The standard InChI is InChI=1S/C21H23N5O4/c27-19(13-30-16-6-2-1-3-7-16)23-17-9-15(20(28)21(17)29)11-26-12-18(24-25-26)14-5-4-8-22-10-14/h1-8,10,12,15,17,20-21,28-29H,9,11,13H2,(H,23,27)/t15-,17-,20-,21+/m1/s1. The minimum Gasteiger partial charge on any atom is -0.484 e. The van der Waals surface area contributed by atoms with E-state index in [2.05, 4.69) is 20.6 Å². The first-order chi connectivity index (χ1) is 14.6. The molecule has 0 saturated heterocycles. The van der Waals surface area contributed by atoms with Gasteiger partial charge in [-0.05, 0) is 30.7 Å². The first kappa shape index (κ1) is 20.0. The van der Waals surface area contributed by atoms with Crippen molar-refractivity contribution in [2.75, 3.05) is 6.61 Å². The van der Waals surface area contributed by atoms with E-state index in [-0.39, 0.29) is 18.4 Å². The van der Waals surface area contributed by atoms with Gasteiger partial charge in [0.2, 0.25) is 0 Å². The molecule has 1 amide bonds. The Hall–Kier alpha value is -3.30. The zero-order valence-corrected chi connectivity index (χ0v) is 16.2. The Labute approximate surface area is 173 Å². The summed E-state index contributed by atoms with van der Waals surface area (Å²) in [4.78, 5) is 16.3. The fourth-order valence-corrected chi connectivity index (χ4v) is 3.64. The number of carbonyl (C=O) groups excluding carboxylic acids is 1. The molecule has 3 aromatic rings. The zero-order chi connectivity index (χ0) is 20.9. The summed E-state index contributed by atoms with van der Waals surface area (Å²) in [6.07, 6.45) is 3.54. The number of hydrogen-bond donors (Lipinski definition) is 3. The summed E-state index contributed by atoms with van der Waals surface area (Å²) in [7, 11) is 0. The number of carbonyl (C=O) groups is 1. The molecule has 9 heteroatoms. The molecule has 2 aromatic heterocycles. The number of ether oxygens (including phenoxy) is 1. The van der Waals surface area contributed by atoms with E-state index in [1.54, 1.807) is 35.4 Å². The fourth-order valence-electron chi connectivity index (χ4n) is 3.64. The molecule has 0 aliphatic heterocycles. The Morgan fingerprint density at radius 3 is 2.77 bits per heavy atom. The van der Waals surface area contributed by atoms with E-state index >= 15 is 0 Å².